The van der Waals surface area contributed by atoms with E-state index in [0.717, 1.165) is 23.1 Å². The largest absolute Gasteiger partial charge is 0.482 e. The second-order valence-electron chi connectivity index (χ2n) is 5.69. The zero-order valence-electron chi connectivity index (χ0n) is 13.5. The van der Waals surface area contributed by atoms with Crippen molar-refractivity contribution in [2.24, 2.45) is 0 Å². The average Bonchev–Trinajstić information content (AvgIpc) is 2.64. The molecule has 0 radical (unpaired) electrons. The number of ether oxygens (including phenoxy) is 1. The van der Waals surface area contributed by atoms with Crippen LogP contribution in [0.4, 0.5) is 27.6 Å². The van der Waals surface area contributed by atoms with Gasteiger partial charge >= 0.3 is 5.97 Å². The Morgan fingerprint density at radius 1 is 1.07 bits per heavy atom. The fourth-order valence-corrected chi connectivity index (χ4v) is 2.72. The van der Waals surface area contributed by atoms with Gasteiger partial charge in [0.25, 0.3) is 5.91 Å². The van der Waals surface area contributed by atoms with E-state index in [4.69, 9.17) is 9.84 Å². The summed E-state index contributed by atoms with van der Waals surface area (Å²) in [5.74, 6) is -12.7. The van der Waals surface area contributed by atoms with Crippen molar-refractivity contribution in [2.75, 3.05) is 11.5 Å². The van der Waals surface area contributed by atoms with Crippen molar-refractivity contribution in [3.05, 3.63) is 47.3 Å². The molecule has 142 valence electrons. The van der Waals surface area contributed by atoms with Gasteiger partial charge < -0.3 is 9.84 Å². The lowest BCUT2D eigenvalue weighted by atomic mass is 10.0. The van der Waals surface area contributed by atoms with E-state index in [1.165, 1.54) is 6.92 Å². The number of carbonyl (C=O) groups excluding carboxylic acids is 1. The zero-order chi connectivity index (χ0) is 20.0. The molecule has 0 saturated heterocycles. The predicted octanol–water partition coefficient (Wildman–Crippen LogP) is 3.25. The fraction of sp³-hybridized carbons (Fsp3) is 0.176. The highest BCUT2D eigenvalue weighted by atomic mass is 19.2. The Balaban J connectivity index is 2.23. The molecule has 27 heavy (non-hydrogen) atoms. The van der Waals surface area contributed by atoms with Crippen molar-refractivity contribution in [1.82, 2.24) is 0 Å². The lowest BCUT2D eigenvalue weighted by Crippen LogP contribution is -2.48. The number of aliphatic carboxylic acids is 1. The number of carbonyl (C=O) groups is 2. The summed E-state index contributed by atoms with van der Waals surface area (Å²) in [7, 11) is 0. The maximum absolute atomic E-state index is 14.1. The number of halogens is 5. The Morgan fingerprint density at radius 3 is 2.19 bits per heavy atom. The summed E-state index contributed by atoms with van der Waals surface area (Å²) in [6.07, 6.45) is 0. The standard InChI is InChI=1S/C17H10F5NO4/c1-6(17(25)26)23-8-4-7(2-3-9(8)27-5-10(23)24)11-12(18)14(20)16(22)15(21)13(11)19/h2-4,6H,5H2,1H3,(H,25,26)/t6-/m1/s1. The number of fused-ring (bicyclic) bond motifs is 1. The van der Waals surface area contributed by atoms with Gasteiger partial charge in [-0.1, -0.05) is 6.07 Å². The van der Waals surface area contributed by atoms with Gasteiger partial charge in [-0.25, -0.2) is 26.7 Å². The molecule has 0 saturated carbocycles. The van der Waals surface area contributed by atoms with Crippen LogP contribution in [0.2, 0.25) is 0 Å². The number of benzene rings is 2. The Labute approximate surface area is 148 Å². The third-order valence-electron chi connectivity index (χ3n) is 4.08. The van der Waals surface area contributed by atoms with Gasteiger partial charge in [-0.2, -0.15) is 0 Å². The quantitative estimate of drug-likeness (QED) is 0.499. The Bertz CT molecular complexity index is 949. The van der Waals surface area contributed by atoms with Crippen LogP contribution in [0.25, 0.3) is 11.1 Å². The number of carboxylic acids is 1. The SMILES string of the molecule is C[C@H](C(=O)O)N1C(=O)COc2ccc(-c3c(F)c(F)c(F)c(F)c3F)cc21. The fourth-order valence-electron chi connectivity index (χ4n) is 2.72. The third kappa shape index (κ3) is 2.86. The lowest BCUT2D eigenvalue weighted by Gasteiger charge is -2.32. The van der Waals surface area contributed by atoms with Crippen LogP contribution in [-0.2, 0) is 9.59 Å². The van der Waals surface area contributed by atoms with Crippen LogP contribution in [-0.4, -0.2) is 29.6 Å². The molecule has 1 N–H and O–H groups in total. The maximum Gasteiger partial charge on any atom is 0.326 e. The smallest absolute Gasteiger partial charge is 0.326 e. The van der Waals surface area contributed by atoms with Crippen LogP contribution in [0, 0.1) is 29.1 Å². The van der Waals surface area contributed by atoms with E-state index in [0.29, 0.717) is 0 Å². The van der Waals surface area contributed by atoms with E-state index in [1.54, 1.807) is 0 Å². The van der Waals surface area contributed by atoms with E-state index in [-0.39, 0.29) is 11.4 Å². The van der Waals surface area contributed by atoms with Crippen molar-refractivity contribution >= 4 is 17.6 Å². The van der Waals surface area contributed by atoms with E-state index < -0.39 is 64.7 Å². The normalized spacial score (nSPS) is 14.6. The summed E-state index contributed by atoms with van der Waals surface area (Å²) < 4.78 is 73.4. The second-order valence-corrected chi connectivity index (χ2v) is 5.69. The van der Waals surface area contributed by atoms with Gasteiger partial charge in [0.1, 0.15) is 11.8 Å². The molecule has 3 rings (SSSR count). The van der Waals surface area contributed by atoms with E-state index in [1.807, 2.05) is 0 Å². The van der Waals surface area contributed by atoms with Gasteiger partial charge in [0.05, 0.1) is 11.3 Å². The number of hydrogen-bond acceptors (Lipinski definition) is 3. The molecule has 5 nitrogen and oxygen atoms in total. The average molecular weight is 387 g/mol. The molecule has 0 bridgehead atoms. The molecule has 0 spiro atoms. The number of anilines is 1. The topological polar surface area (TPSA) is 66.8 Å². The van der Waals surface area contributed by atoms with Crippen molar-refractivity contribution in [2.45, 2.75) is 13.0 Å². The molecule has 1 amide bonds. The van der Waals surface area contributed by atoms with Gasteiger partial charge in [-0.15, -0.1) is 0 Å². The monoisotopic (exact) mass is 387 g/mol. The summed E-state index contributed by atoms with van der Waals surface area (Å²) in [4.78, 5) is 24.1. The summed E-state index contributed by atoms with van der Waals surface area (Å²) in [5, 5.41) is 9.16. The molecule has 10 heteroatoms. The summed E-state index contributed by atoms with van der Waals surface area (Å²) >= 11 is 0. The minimum absolute atomic E-state index is 0.0234. The molecule has 1 aliphatic heterocycles. The van der Waals surface area contributed by atoms with E-state index >= 15 is 0 Å². The van der Waals surface area contributed by atoms with Crippen molar-refractivity contribution < 1.29 is 41.4 Å². The zero-order valence-corrected chi connectivity index (χ0v) is 13.5. The number of amides is 1. The summed E-state index contributed by atoms with van der Waals surface area (Å²) in [6.45, 7) is 0.729. The third-order valence-corrected chi connectivity index (χ3v) is 4.08. The first-order valence-electron chi connectivity index (χ1n) is 7.48. The number of rotatable bonds is 3. The summed E-state index contributed by atoms with van der Waals surface area (Å²) in [5.41, 5.74) is -1.81. The Morgan fingerprint density at radius 2 is 1.63 bits per heavy atom. The van der Waals surface area contributed by atoms with Crippen molar-refractivity contribution in [1.29, 1.82) is 0 Å². The maximum atomic E-state index is 14.1. The van der Waals surface area contributed by atoms with E-state index in [2.05, 4.69) is 0 Å². The van der Waals surface area contributed by atoms with Gasteiger partial charge in [0.15, 0.2) is 29.9 Å². The van der Waals surface area contributed by atoms with Crippen LogP contribution in [0.5, 0.6) is 5.75 Å². The van der Waals surface area contributed by atoms with Crippen LogP contribution in [0.15, 0.2) is 18.2 Å². The molecule has 0 aliphatic carbocycles. The van der Waals surface area contributed by atoms with Crippen LogP contribution in [0.3, 0.4) is 0 Å². The van der Waals surface area contributed by atoms with Gasteiger partial charge in [0.2, 0.25) is 5.82 Å². The highest BCUT2D eigenvalue weighted by molar-refractivity contribution is 6.03. The number of hydrogen-bond donors (Lipinski definition) is 1. The first-order valence-corrected chi connectivity index (χ1v) is 7.48. The molecule has 0 fully saturated rings. The predicted molar refractivity (Wildman–Crippen MR) is 81.7 cm³/mol. The van der Waals surface area contributed by atoms with Crippen molar-refractivity contribution in [3.63, 3.8) is 0 Å². The molecular weight excluding hydrogens is 377 g/mol. The van der Waals surface area contributed by atoms with Gasteiger partial charge in [0, 0.05) is 0 Å². The van der Waals surface area contributed by atoms with Crippen molar-refractivity contribution in [3.8, 4) is 16.9 Å². The molecule has 2 aromatic rings. The summed E-state index contributed by atoms with van der Waals surface area (Å²) in [6, 6.07) is 1.77. The van der Waals surface area contributed by atoms with Gasteiger partial charge in [-0.3, -0.25) is 9.69 Å². The second kappa shape index (κ2) is 6.53. The lowest BCUT2D eigenvalue weighted by molar-refractivity contribution is -0.140. The van der Waals surface area contributed by atoms with Crippen LogP contribution >= 0.6 is 0 Å². The molecule has 0 unspecified atom stereocenters. The van der Waals surface area contributed by atoms with Gasteiger partial charge in [-0.05, 0) is 24.6 Å². The molecule has 2 aromatic carbocycles. The molecular formula is C17H10F5NO4. The number of nitrogens with zero attached hydrogens (tertiary/aromatic N) is 1. The first kappa shape index (κ1) is 18.6. The first-order chi connectivity index (χ1) is 12.6. The number of carboxylic acid groups (broad SMARTS) is 1. The highest BCUT2D eigenvalue weighted by Crippen LogP contribution is 2.39. The molecule has 1 atom stereocenters. The highest BCUT2D eigenvalue weighted by Gasteiger charge is 2.34. The molecule has 0 aromatic heterocycles. The Kier molecular flexibility index (Phi) is 4.50. The minimum Gasteiger partial charge on any atom is -0.482 e. The molecule has 1 aliphatic rings. The van der Waals surface area contributed by atoms with E-state index in [9.17, 15) is 31.5 Å². The van der Waals surface area contributed by atoms with Crippen LogP contribution < -0.4 is 9.64 Å². The minimum atomic E-state index is -2.30. The molecule has 1 heterocycles. The van der Waals surface area contributed by atoms with Crippen LogP contribution in [0.1, 0.15) is 6.92 Å². The Hall–Kier alpha value is -3.17.